The molecule has 0 radical (unpaired) electrons. The van der Waals surface area contributed by atoms with Gasteiger partial charge in [0.25, 0.3) is 6.43 Å². The number of rotatable bonds is 3. The summed E-state index contributed by atoms with van der Waals surface area (Å²) < 4.78 is 26.0. The molecule has 0 aromatic carbocycles. The van der Waals surface area contributed by atoms with Crippen molar-refractivity contribution >= 4 is 21.7 Å². The second-order valence-electron chi connectivity index (χ2n) is 2.91. The zero-order valence-electron chi connectivity index (χ0n) is 7.72. The second-order valence-corrected chi connectivity index (χ2v) is 3.71. The molecular formula is C8H9BrF2N2O. The molecular weight excluding hydrogens is 258 g/mol. The van der Waals surface area contributed by atoms with E-state index in [1.165, 1.54) is 4.68 Å². The van der Waals surface area contributed by atoms with Crippen molar-refractivity contribution in [2.24, 2.45) is 7.05 Å². The lowest BCUT2D eigenvalue weighted by Gasteiger charge is -2.01. The largest absolute Gasteiger partial charge is 0.296 e. The SMILES string of the molecule is Cc1nn(C)c(CC(=O)C(F)F)c1Br. The molecule has 78 valence electrons. The van der Waals surface area contributed by atoms with Crippen LogP contribution in [0.4, 0.5) is 8.78 Å². The molecule has 0 saturated carbocycles. The predicted octanol–water partition coefficient (Wildman–Crippen LogP) is 1.87. The van der Waals surface area contributed by atoms with Crippen LogP contribution in [0, 0.1) is 6.92 Å². The van der Waals surface area contributed by atoms with Gasteiger partial charge in [-0.05, 0) is 22.9 Å². The number of nitrogens with zero attached hydrogens (tertiary/aromatic N) is 2. The molecule has 0 unspecified atom stereocenters. The highest BCUT2D eigenvalue weighted by Gasteiger charge is 2.20. The van der Waals surface area contributed by atoms with E-state index in [9.17, 15) is 13.6 Å². The normalized spacial score (nSPS) is 11.0. The van der Waals surface area contributed by atoms with Crippen molar-refractivity contribution in [3.8, 4) is 0 Å². The fourth-order valence-corrected chi connectivity index (χ4v) is 1.59. The van der Waals surface area contributed by atoms with Crippen molar-refractivity contribution in [3.05, 3.63) is 15.9 Å². The molecule has 0 fully saturated rings. The lowest BCUT2D eigenvalue weighted by atomic mass is 10.2. The lowest BCUT2D eigenvalue weighted by molar-refractivity contribution is -0.128. The quantitative estimate of drug-likeness (QED) is 0.837. The van der Waals surface area contributed by atoms with Gasteiger partial charge in [-0.25, -0.2) is 8.78 Å². The Kier molecular flexibility index (Phi) is 3.36. The van der Waals surface area contributed by atoms with Crippen molar-refractivity contribution in [1.82, 2.24) is 9.78 Å². The van der Waals surface area contributed by atoms with Crippen LogP contribution in [0.25, 0.3) is 0 Å². The van der Waals surface area contributed by atoms with Gasteiger partial charge in [-0.15, -0.1) is 0 Å². The van der Waals surface area contributed by atoms with E-state index >= 15 is 0 Å². The van der Waals surface area contributed by atoms with Crippen LogP contribution in [0.3, 0.4) is 0 Å². The average molecular weight is 267 g/mol. The van der Waals surface area contributed by atoms with Crippen LogP contribution < -0.4 is 0 Å². The molecule has 1 heterocycles. The molecule has 0 aliphatic rings. The van der Waals surface area contributed by atoms with Gasteiger partial charge in [0.2, 0.25) is 5.78 Å². The molecule has 0 bridgehead atoms. The summed E-state index contributed by atoms with van der Waals surface area (Å²) in [5, 5.41) is 4.00. The summed E-state index contributed by atoms with van der Waals surface area (Å²) >= 11 is 3.20. The van der Waals surface area contributed by atoms with Gasteiger partial charge in [0.05, 0.1) is 22.3 Å². The average Bonchev–Trinajstić information content (AvgIpc) is 2.32. The highest BCUT2D eigenvalue weighted by atomic mass is 79.9. The molecule has 0 amide bonds. The molecule has 0 aliphatic heterocycles. The number of hydrogen-bond donors (Lipinski definition) is 0. The van der Waals surface area contributed by atoms with E-state index in [2.05, 4.69) is 21.0 Å². The second kappa shape index (κ2) is 4.16. The molecule has 6 heteroatoms. The molecule has 0 atom stereocenters. The summed E-state index contributed by atoms with van der Waals surface area (Å²) in [7, 11) is 1.62. The van der Waals surface area contributed by atoms with Crippen LogP contribution in [0.5, 0.6) is 0 Å². The lowest BCUT2D eigenvalue weighted by Crippen LogP contribution is -2.15. The zero-order chi connectivity index (χ0) is 10.9. The Bertz CT molecular complexity index is 362. The monoisotopic (exact) mass is 266 g/mol. The van der Waals surface area contributed by atoms with Gasteiger partial charge in [-0.2, -0.15) is 5.10 Å². The standard InChI is InChI=1S/C8H9BrF2N2O/c1-4-7(9)5(13(2)12-4)3-6(14)8(10)11/h8H,3H2,1-2H3. The topological polar surface area (TPSA) is 34.9 Å². The number of aromatic nitrogens is 2. The van der Waals surface area contributed by atoms with Gasteiger partial charge in [0, 0.05) is 7.05 Å². The third-order valence-corrected chi connectivity index (χ3v) is 2.88. The molecule has 1 aromatic rings. The fourth-order valence-electron chi connectivity index (χ4n) is 1.11. The minimum Gasteiger partial charge on any atom is -0.293 e. The summed E-state index contributed by atoms with van der Waals surface area (Å²) in [4.78, 5) is 10.8. The number of Topliss-reactive ketones (excluding diaryl/α,β-unsaturated/α-hetero) is 1. The summed E-state index contributed by atoms with van der Waals surface area (Å²) in [5.41, 5.74) is 1.16. The van der Waals surface area contributed by atoms with E-state index < -0.39 is 12.2 Å². The third-order valence-electron chi connectivity index (χ3n) is 1.85. The van der Waals surface area contributed by atoms with Gasteiger partial charge in [0.1, 0.15) is 0 Å². The Hall–Kier alpha value is -0.780. The molecule has 0 saturated heterocycles. The van der Waals surface area contributed by atoms with Crippen LogP contribution >= 0.6 is 15.9 Å². The first-order chi connectivity index (χ1) is 6.43. The van der Waals surface area contributed by atoms with Gasteiger partial charge < -0.3 is 0 Å². The summed E-state index contributed by atoms with van der Waals surface area (Å²) in [6.07, 6.45) is -3.22. The molecule has 0 spiro atoms. The number of ketones is 1. The van der Waals surface area contributed by atoms with Gasteiger partial charge in [-0.1, -0.05) is 0 Å². The number of hydrogen-bond acceptors (Lipinski definition) is 2. The molecule has 14 heavy (non-hydrogen) atoms. The smallest absolute Gasteiger partial charge is 0.293 e. The van der Waals surface area contributed by atoms with Crippen molar-refractivity contribution in [1.29, 1.82) is 0 Å². The Morgan fingerprint density at radius 2 is 2.21 bits per heavy atom. The molecule has 3 nitrogen and oxygen atoms in total. The van der Waals surface area contributed by atoms with E-state index in [1.807, 2.05) is 0 Å². The van der Waals surface area contributed by atoms with Crippen LogP contribution in [-0.2, 0) is 18.3 Å². The van der Waals surface area contributed by atoms with Crippen molar-refractivity contribution < 1.29 is 13.6 Å². The first-order valence-corrected chi connectivity index (χ1v) is 4.71. The van der Waals surface area contributed by atoms with Crippen LogP contribution in [0.2, 0.25) is 0 Å². The highest BCUT2D eigenvalue weighted by Crippen LogP contribution is 2.21. The number of carbonyl (C=O) groups excluding carboxylic acids is 1. The summed E-state index contributed by atoms with van der Waals surface area (Å²) in [5.74, 6) is -1.09. The van der Waals surface area contributed by atoms with Crippen molar-refractivity contribution in [2.45, 2.75) is 19.8 Å². The Labute approximate surface area is 88.2 Å². The molecule has 1 rings (SSSR count). The molecule has 0 aliphatic carbocycles. The third kappa shape index (κ3) is 2.17. The Balaban J connectivity index is 2.92. The minimum absolute atomic E-state index is 0.296. The van der Waals surface area contributed by atoms with Crippen LogP contribution in [0.15, 0.2) is 4.47 Å². The number of alkyl halides is 2. The van der Waals surface area contributed by atoms with E-state index in [-0.39, 0.29) is 6.42 Å². The highest BCUT2D eigenvalue weighted by molar-refractivity contribution is 9.10. The van der Waals surface area contributed by atoms with Gasteiger partial charge in [0.15, 0.2) is 0 Å². The van der Waals surface area contributed by atoms with Crippen LogP contribution in [-0.4, -0.2) is 22.0 Å². The maximum Gasteiger partial charge on any atom is 0.296 e. The number of aryl methyl sites for hydroxylation is 2. The van der Waals surface area contributed by atoms with Crippen molar-refractivity contribution in [2.75, 3.05) is 0 Å². The minimum atomic E-state index is -2.92. The molecule has 1 aromatic heterocycles. The predicted molar refractivity (Wildman–Crippen MR) is 50.4 cm³/mol. The number of halogens is 3. The Morgan fingerprint density at radius 1 is 1.64 bits per heavy atom. The fraction of sp³-hybridized carbons (Fsp3) is 0.500. The number of carbonyl (C=O) groups is 1. The summed E-state index contributed by atoms with van der Waals surface area (Å²) in [6, 6.07) is 0. The molecule has 0 N–H and O–H groups in total. The first kappa shape index (κ1) is 11.3. The van der Waals surface area contributed by atoms with Crippen LogP contribution in [0.1, 0.15) is 11.4 Å². The first-order valence-electron chi connectivity index (χ1n) is 3.92. The van der Waals surface area contributed by atoms with Gasteiger partial charge in [-0.3, -0.25) is 9.48 Å². The Morgan fingerprint density at radius 3 is 2.57 bits per heavy atom. The van der Waals surface area contributed by atoms with Gasteiger partial charge >= 0.3 is 0 Å². The maximum absolute atomic E-state index is 12.0. The van der Waals surface area contributed by atoms with E-state index in [0.29, 0.717) is 15.9 Å². The zero-order valence-corrected chi connectivity index (χ0v) is 9.31. The summed E-state index contributed by atoms with van der Waals surface area (Å²) in [6.45, 7) is 1.74. The van der Waals surface area contributed by atoms with E-state index in [1.54, 1.807) is 14.0 Å². The van der Waals surface area contributed by atoms with E-state index in [0.717, 1.165) is 0 Å². The maximum atomic E-state index is 12.0. The van der Waals surface area contributed by atoms with E-state index in [4.69, 9.17) is 0 Å². The van der Waals surface area contributed by atoms with Crippen molar-refractivity contribution in [3.63, 3.8) is 0 Å².